The SMILES string of the molecule is O=C(NCC1(CO)CC1)Nc1ccccc1SC(F)F. The fraction of sp³-hybridized carbons (Fsp3) is 0.462. The molecule has 0 aromatic heterocycles. The molecule has 2 rings (SSSR count). The lowest BCUT2D eigenvalue weighted by molar-refractivity contribution is 0.206. The standard InChI is InChI=1S/C13H16F2N2O2S/c14-11(15)20-10-4-2-1-3-9(10)17-12(19)16-7-13(8-18)5-6-13/h1-4,11,18H,5-8H2,(H2,16,17,19). The van der Waals surface area contributed by atoms with E-state index in [1.165, 1.54) is 6.07 Å². The smallest absolute Gasteiger partial charge is 0.319 e. The molecule has 1 aromatic carbocycles. The van der Waals surface area contributed by atoms with Gasteiger partial charge in [0.2, 0.25) is 0 Å². The van der Waals surface area contributed by atoms with Gasteiger partial charge in [0, 0.05) is 16.9 Å². The number of anilines is 1. The summed E-state index contributed by atoms with van der Waals surface area (Å²) < 4.78 is 24.8. The van der Waals surface area contributed by atoms with Crippen LogP contribution in [0.2, 0.25) is 0 Å². The van der Waals surface area contributed by atoms with Crippen LogP contribution in [0.25, 0.3) is 0 Å². The van der Waals surface area contributed by atoms with Crippen LogP contribution in [0.1, 0.15) is 12.8 Å². The van der Waals surface area contributed by atoms with Gasteiger partial charge in [-0.25, -0.2) is 4.79 Å². The van der Waals surface area contributed by atoms with Crippen LogP contribution in [0.15, 0.2) is 29.2 Å². The number of hydrogen-bond acceptors (Lipinski definition) is 3. The lowest BCUT2D eigenvalue weighted by Gasteiger charge is -2.14. The Morgan fingerprint density at radius 3 is 2.70 bits per heavy atom. The van der Waals surface area contributed by atoms with Crippen LogP contribution in [-0.4, -0.2) is 30.0 Å². The second kappa shape index (κ2) is 6.41. The molecule has 0 radical (unpaired) electrons. The molecule has 0 unspecified atom stereocenters. The lowest BCUT2D eigenvalue weighted by atomic mass is 10.1. The molecule has 0 saturated heterocycles. The van der Waals surface area contributed by atoms with E-state index in [1.54, 1.807) is 18.2 Å². The van der Waals surface area contributed by atoms with E-state index in [-0.39, 0.29) is 12.0 Å². The summed E-state index contributed by atoms with van der Waals surface area (Å²) in [4.78, 5) is 12.1. The van der Waals surface area contributed by atoms with Gasteiger partial charge >= 0.3 is 6.03 Å². The van der Waals surface area contributed by atoms with E-state index in [4.69, 9.17) is 5.11 Å². The average molecular weight is 302 g/mol. The van der Waals surface area contributed by atoms with Crippen molar-refractivity contribution in [1.82, 2.24) is 5.32 Å². The van der Waals surface area contributed by atoms with Crippen LogP contribution >= 0.6 is 11.8 Å². The molecular formula is C13H16F2N2O2S. The van der Waals surface area contributed by atoms with Crippen molar-refractivity contribution in [3.63, 3.8) is 0 Å². The van der Waals surface area contributed by atoms with Gasteiger partial charge in [-0.05, 0) is 25.0 Å². The zero-order valence-electron chi connectivity index (χ0n) is 10.7. The molecule has 0 atom stereocenters. The van der Waals surface area contributed by atoms with Crippen molar-refractivity contribution in [2.24, 2.45) is 5.41 Å². The van der Waals surface area contributed by atoms with Gasteiger partial charge in [0.1, 0.15) is 0 Å². The normalized spacial score (nSPS) is 16.0. The number of urea groups is 1. The highest BCUT2D eigenvalue weighted by molar-refractivity contribution is 7.99. The number of amides is 2. The molecule has 1 fully saturated rings. The summed E-state index contributed by atoms with van der Waals surface area (Å²) in [5.41, 5.74) is 0.165. The molecule has 1 aromatic rings. The highest BCUT2D eigenvalue weighted by atomic mass is 32.2. The average Bonchev–Trinajstić information content (AvgIpc) is 3.19. The van der Waals surface area contributed by atoms with E-state index >= 15 is 0 Å². The van der Waals surface area contributed by atoms with Gasteiger partial charge in [-0.3, -0.25) is 0 Å². The van der Waals surface area contributed by atoms with Gasteiger partial charge in [-0.15, -0.1) is 0 Å². The number of alkyl halides is 2. The first kappa shape index (κ1) is 15.1. The summed E-state index contributed by atoms with van der Waals surface area (Å²) in [5.74, 6) is -2.54. The van der Waals surface area contributed by atoms with Crippen molar-refractivity contribution in [1.29, 1.82) is 0 Å². The molecule has 110 valence electrons. The number of thioether (sulfide) groups is 1. The number of carbonyl (C=O) groups excluding carboxylic acids is 1. The Morgan fingerprint density at radius 1 is 1.40 bits per heavy atom. The number of hydrogen-bond donors (Lipinski definition) is 3. The molecule has 0 heterocycles. The first-order valence-electron chi connectivity index (χ1n) is 6.24. The van der Waals surface area contributed by atoms with E-state index < -0.39 is 11.8 Å². The Labute approximate surface area is 119 Å². The topological polar surface area (TPSA) is 61.4 Å². The summed E-state index contributed by atoms with van der Waals surface area (Å²) in [6.45, 7) is 0.435. The van der Waals surface area contributed by atoms with Gasteiger partial charge in [-0.2, -0.15) is 8.78 Å². The van der Waals surface area contributed by atoms with Gasteiger partial charge in [0.05, 0.1) is 12.3 Å². The molecule has 1 aliphatic rings. The maximum Gasteiger partial charge on any atom is 0.319 e. The van der Waals surface area contributed by atoms with Crippen molar-refractivity contribution in [2.75, 3.05) is 18.5 Å². The number of rotatable bonds is 6. The molecule has 7 heteroatoms. The van der Waals surface area contributed by atoms with Crippen molar-refractivity contribution < 1.29 is 18.7 Å². The molecule has 0 spiro atoms. The van der Waals surface area contributed by atoms with E-state index in [1.807, 2.05) is 0 Å². The predicted octanol–water partition coefficient (Wildman–Crippen LogP) is 2.90. The summed E-state index contributed by atoms with van der Waals surface area (Å²) in [6.07, 6.45) is 1.78. The van der Waals surface area contributed by atoms with Gasteiger partial charge in [-0.1, -0.05) is 23.9 Å². The summed E-state index contributed by atoms with van der Waals surface area (Å²) in [6, 6.07) is 5.96. The third-order valence-electron chi connectivity index (χ3n) is 3.27. The zero-order chi connectivity index (χ0) is 14.6. The monoisotopic (exact) mass is 302 g/mol. The summed E-state index contributed by atoms with van der Waals surface area (Å²) >= 11 is 0.392. The maximum atomic E-state index is 12.4. The molecule has 2 amide bonds. The Morgan fingerprint density at radius 2 is 2.10 bits per heavy atom. The van der Waals surface area contributed by atoms with Crippen LogP contribution < -0.4 is 10.6 Å². The number of halogens is 2. The molecule has 1 aliphatic carbocycles. The predicted molar refractivity (Wildman–Crippen MR) is 74.1 cm³/mol. The number of nitrogens with one attached hydrogen (secondary N) is 2. The van der Waals surface area contributed by atoms with Crippen LogP contribution in [0.3, 0.4) is 0 Å². The minimum absolute atomic E-state index is 0.0467. The Kier molecular flexibility index (Phi) is 4.82. The van der Waals surface area contributed by atoms with Gasteiger partial charge in [0.25, 0.3) is 5.76 Å². The van der Waals surface area contributed by atoms with E-state index in [9.17, 15) is 13.6 Å². The van der Waals surface area contributed by atoms with E-state index in [0.717, 1.165) is 12.8 Å². The third-order valence-corrected chi connectivity index (χ3v) is 4.06. The molecule has 3 N–H and O–H groups in total. The van der Waals surface area contributed by atoms with E-state index in [0.29, 0.717) is 28.9 Å². The highest BCUT2D eigenvalue weighted by Crippen LogP contribution is 2.44. The number of aliphatic hydroxyl groups excluding tert-OH is 1. The molecule has 4 nitrogen and oxygen atoms in total. The number of aliphatic hydroxyl groups is 1. The third kappa shape index (κ3) is 4.08. The Hall–Kier alpha value is -1.34. The Balaban J connectivity index is 1.90. The quantitative estimate of drug-likeness (QED) is 0.708. The van der Waals surface area contributed by atoms with Crippen molar-refractivity contribution in [2.45, 2.75) is 23.5 Å². The van der Waals surface area contributed by atoms with Crippen molar-refractivity contribution in [3.8, 4) is 0 Å². The van der Waals surface area contributed by atoms with Crippen LogP contribution in [0.4, 0.5) is 19.3 Å². The highest BCUT2D eigenvalue weighted by Gasteiger charge is 2.42. The van der Waals surface area contributed by atoms with Gasteiger partial charge < -0.3 is 15.7 Å². The van der Waals surface area contributed by atoms with Crippen molar-refractivity contribution in [3.05, 3.63) is 24.3 Å². The largest absolute Gasteiger partial charge is 0.396 e. The number of carbonyl (C=O) groups is 1. The van der Waals surface area contributed by atoms with Crippen LogP contribution in [-0.2, 0) is 0 Å². The maximum absolute atomic E-state index is 12.4. The minimum atomic E-state index is -2.54. The minimum Gasteiger partial charge on any atom is -0.396 e. The second-order valence-electron chi connectivity index (χ2n) is 4.84. The molecule has 0 aliphatic heterocycles. The lowest BCUT2D eigenvalue weighted by Crippen LogP contribution is -2.35. The van der Waals surface area contributed by atoms with Crippen LogP contribution in [0, 0.1) is 5.41 Å². The number of benzene rings is 1. The molecule has 0 bridgehead atoms. The molecule has 1 saturated carbocycles. The van der Waals surface area contributed by atoms with Crippen molar-refractivity contribution >= 4 is 23.5 Å². The fourth-order valence-corrected chi connectivity index (χ4v) is 2.37. The molecule has 20 heavy (non-hydrogen) atoms. The summed E-state index contributed by atoms with van der Waals surface area (Å²) in [5, 5.41) is 14.4. The second-order valence-corrected chi connectivity index (χ2v) is 5.87. The van der Waals surface area contributed by atoms with Crippen LogP contribution in [0.5, 0.6) is 0 Å². The van der Waals surface area contributed by atoms with Gasteiger partial charge in [0.15, 0.2) is 0 Å². The number of para-hydroxylation sites is 1. The Bertz CT molecular complexity index is 481. The van der Waals surface area contributed by atoms with E-state index in [2.05, 4.69) is 10.6 Å². The first-order valence-corrected chi connectivity index (χ1v) is 7.12. The molecular weight excluding hydrogens is 286 g/mol. The zero-order valence-corrected chi connectivity index (χ0v) is 11.6. The summed E-state index contributed by atoms with van der Waals surface area (Å²) in [7, 11) is 0. The first-order chi connectivity index (χ1) is 9.54. The fourth-order valence-electron chi connectivity index (χ4n) is 1.77.